The Morgan fingerprint density at radius 3 is 2.95 bits per heavy atom. The van der Waals surface area contributed by atoms with E-state index in [2.05, 4.69) is 27.4 Å². The molecule has 0 spiro atoms. The van der Waals surface area contributed by atoms with Gasteiger partial charge in [0.2, 0.25) is 0 Å². The highest BCUT2D eigenvalue weighted by Crippen LogP contribution is 2.14. The van der Waals surface area contributed by atoms with E-state index < -0.39 is 0 Å². The van der Waals surface area contributed by atoms with Gasteiger partial charge in [-0.15, -0.1) is 22.7 Å². The Labute approximate surface area is 124 Å². The van der Waals surface area contributed by atoms with Gasteiger partial charge >= 0.3 is 0 Å². The topological polar surface area (TPSA) is 37.6 Å². The first-order chi connectivity index (χ1) is 9.63. The summed E-state index contributed by atoms with van der Waals surface area (Å²) in [5, 5.41) is 4.04. The maximum absolute atomic E-state index is 12.1. The van der Waals surface area contributed by atoms with Crippen molar-refractivity contribution in [2.75, 3.05) is 7.05 Å². The van der Waals surface area contributed by atoms with Crippen molar-refractivity contribution in [1.29, 1.82) is 0 Å². The normalized spacial score (nSPS) is 11.6. The molecule has 3 aromatic heterocycles. The van der Waals surface area contributed by atoms with Crippen molar-refractivity contribution >= 4 is 27.6 Å². The maximum Gasteiger partial charge on any atom is 0.259 e. The third-order valence-corrected chi connectivity index (χ3v) is 4.87. The fourth-order valence-corrected chi connectivity index (χ4v) is 3.86. The predicted molar refractivity (Wildman–Crippen MR) is 83.6 cm³/mol. The predicted octanol–water partition coefficient (Wildman–Crippen LogP) is 2.76. The zero-order valence-corrected chi connectivity index (χ0v) is 13.0. The first-order valence-electron chi connectivity index (χ1n) is 6.31. The van der Waals surface area contributed by atoms with Gasteiger partial charge in [0.25, 0.3) is 5.56 Å². The molecular weight excluding hydrogens is 290 g/mol. The SMILES string of the molecule is Cc1csc2nc(CN(C)Cc3cccs3)cc(=O)n12. The highest BCUT2D eigenvalue weighted by atomic mass is 32.1. The summed E-state index contributed by atoms with van der Waals surface area (Å²) in [6.45, 7) is 3.48. The fourth-order valence-electron chi connectivity index (χ4n) is 2.18. The molecule has 20 heavy (non-hydrogen) atoms. The van der Waals surface area contributed by atoms with Crippen LogP contribution in [0.5, 0.6) is 0 Å². The number of nitrogens with zero attached hydrogens (tertiary/aromatic N) is 3. The summed E-state index contributed by atoms with van der Waals surface area (Å²) in [7, 11) is 2.04. The van der Waals surface area contributed by atoms with E-state index in [1.807, 2.05) is 19.4 Å². The molecule has 104 valence electrons. The van der Waals surface area contributed by atoms with Crippen LogP contribution < -0.4 is 5.56 Å². The Balaban J connectivity index is 1.82. The molecule has 0 N–H and O–H groups in total. The average Bonchev–Trinajstić information content (AvgIpc) is 2.99. The van der Waals surface area contributed by atoms with Crippen molar-refractivity contribution in [3.05, 3.63) is 55.6 Å². The van der Waals surface area contributed by atoms with Crippen LogP contribution in [0.2, 0.25) is 0 Å². The summed E-state index contributed by atoms with van der Waals surface area (Å²) in [4.78, 5) is 20.9. The van der Waals surface area contributed by atoms with Gasteiger partial charge in [-0.25, -0.2) is 4.98 Å². The van der Waals surface area contributed by atoms with Crippen molar-refractivity contribution < 1.29 is 0 Å². The lowest BCUT2D eigenvalue weighted by molar-refractivity contribution is 0.318. The van der Waals surface area contributed by atoms with Crippen molar-refractivity contribution in [2.45, 2.75) is 20.0 Å². The minimum atomic E-state index is 0.00766. The molecule has 4 nitrogen and oxygen atoms in total. The van der Waals surface area contributed by atoms with Gasteiger partial charge < -0.3 is 0 Å². The molecule has 0 aliphatic rings. The Hall–Kier alpha value is -1.50. The molecule has 0 atom stereocenters. The van der Waals surface area contributed by atoms with Crippen molar-refractivity contribution in [3.63, 3.8) is 0 Å². The average molecular weight is 305 g/mol. The van der Waals surface area contributed by atoms with Crippen LogP contribution in [0.3, 0.4) is 0 Å². The molecule has 3 aromatic rings. The summed E-state index contributed by atoms with van der Waals surface area (Å²) in [6, 6.07) is 5.81. The minimum absolute atomic E-state index is 0.00766. The molecule has 0 amide bonds. The van der Waals surface area contributed by atoms with Gasteiger partial charge in [0, 0.05) is 35.1 Å². The van der Waals surface area contributed by atoms with Gasteiger partial charge in [-0.2, -0.15) is 0 Å². The first kappa shape index (κ1) is 13.5. The molecule has 6 heteroatoms. The van der Waals surface area contributed by atoms with E-state index >= 15 is 0 Å². The van der Waals surface area contributed by atoms with Crippen LogP contribution in [0.4, 0.5) is 0 Å². The quantitative estimate of drug-likeness (QED) is 0.744. The standard InChI is InChI=1S/C14H15N3OS2/c1-10-9-20-14-15-11(6-13(18)17(10)14)7-16(2)8-12-4-3-5-19-12/h3-6,9H,7-8H2,1-2H3. The van der Waals surface area contributed by atoms with E-state index in [0.717, 1.165) is 22.9 Å². The molecule has 0 saturated heterocycles. The van der Waals surface area contributed by atoms with Crippen molar-refractivity contribution in [3.8, 4) is 0 Å². The van der Waals surface area contributed by atoms with Gasteiger partial charge in [-0.1, -0.05) is 6.07 Å². The summed E-state index contributed by atoms with van der Waals surface area (Å²) in [5.41, 5.74) is 1.78. The second kappa shape index (κ2) is 5.47. The number of hydrogen-bond donors (Lipinski definition) is 0. The Morgan fingerprint density at radius 1 is 1.35 bits per heavy atom. The maximum atomic E-state index is 12.1. The third-order valence-electron chi connectivity index (χ3n) is 3.07. The molecule has 0 saturated carbocycles. The molecular formula is C14H15N3OS2. The van der Waals surface area contributed by atoms with Crippen LogP contribution in [0, 0.1) is 6.92 Å². The number of aromatic nitrogens is 2. The molecule has 0 bridgehead atoms. The molecule has 0 fully saturated rings. The molecule has 0 aliphatic carbocycles. The number of thiazole rings is 1. The molecule has 3 heterocycles. The highest BCUT2D eigenvalue weighted by molar-refractivity contribution is 7.15. The van der Waals surface area contributed by atoms with Gasteiger partial charge in [0.1, 0.15) is 0 Å². The van der Waals surface area contributed by atoms with E-state index in [0.29, 0.717) is 6.54 Å². The molecule has 0 aliphatic heterocycles. The lowest BCUT2D eigenvalue weighted by Crippen LogP contribution is -2.21. The van der Waals surface area contributed by atoms with Crippen LogP contribution in [0.15, 0.2) is 33.8 Å². The van der Waals surface area contributed by atoms with Gasteiger partial charge in [0.15, 0.2) is 4.96 Å². The largest absolute Gasteiger partial charge is 0.295 e. The monoisotopic (exact) mass is 305 g/mol. The number of hydrogen-bond acceptors (Lipinski definition) is 5. The fraction of sp³-hybridized carbons (Fsp3) is 0.286. The molecule has 0 unspecified atom stereocenters. The van der Waals surface area contributed by atoms with Gasteiger partial charge in [0.05, 0.1) is 5.69 Å². The summed E-state index contributed by atoms with van der Waals surface area (Å²) >= 11 is 3.26. The highest BCUT2D eigenvalue weighted by Gasteiger charge is 2.09. The van der Waals surface area contributed by atoms with Gasteiger partial charge in [-0.05, 0) is 25.4 Å². The van der Waals surface area contributed by atoms with E-state index in [1.54, 1.807) is 21.8 Å². The van der Waals surface area contributed by atoms with Crippen LogP contribution in [-0.2, 0) is 13.1 Å². The van der Waals surface area contributed by atoms with E-state index in [9.17, 15) is 4.79 Å². The number of rotatable bonds is 4. The third kappa shape index (κ3) is 2.67. The summed E-state index contributed by atoms with van der Waals surface area (Å²) in [5.74, 6) is 0. The smallest absolute Gasteiger partial charge is 0.259 e. The second-order valence-corrected chi connectivity index (χ2v) is 6.70. The Bertz CT molecular complexity index is 773. The van der Waals surface area contributed by atoms with Crippen molar-refractivity contribution in [2.24, 2.45) is 0 Å². The number of fused-ring (bicyclic) bond motifs is 1. The first-order valence-corrected chi connectivity index (χ1v) is 8.07. The number of thiophene rings is 1. The van der Waals surface area contributed by atoms with E-state index in [1.165, 1.54) is 16.2 Å². The van der Waals surface area contributed by atoms with Gasteiger partial charge in [-0.3, -0.25) is 14.1 Å². The lowest BCUT2D eigenvalue weighted by atomic mass is 10.3. The van der Waals surface area contributed by atoms with E-state index in [4.69, 9.17) is 0 Å². The number of aryl methyl sites for hydroxylation is 1. The Kier molecular flexibility index (Phi) is 3.69. The van der Waals surface area contributed by atoms with Crippen LogP contribution in [-0.4, -0.2) is 21.3 Å². The van der Waals surface area contributed by atoms with Crippen LogP contribution >= 0.6 is 22.7 Å². The van der Waals surface area contributed by atoms with E-state index in [-0.39, 0.29) is 5.56 Å². The van der Waals surface area contributed by atoms with Crippen LogP contribution in [0.1, 0.15) is 16.3 Å². The summed E-state index contributed by atoms with van der Waals surface area (Å²) < 4.78 is 1.66. The Morgan fingerprint density at radius 2 is 2.20 bits per heavy atom. The zero-order chi connectivity index (χ0) is 14.1. The molecule has 0 aromatic carbocycles. The second-order valence-electron chi connectivity index (χ2n) is 4.83. The molecule has 3 rings (SSSR count). The summed E-state index contributed by atoms with van der Waals surface area (Å²) in [6.07, 6.45) is 0. The molecule has 0 radical (unpaired) electrons. The zero-order valence-electron chi connectivity index (χ0n) is 11.4. The lowest BCUT2D eigenvalue weighted by Gasteiger charge is -2.14. The minimum Gasteiger partial charge on any atom is -0.295 e. The van der Waals surface area contributed by atoms with Crippen LogP contribution in [0.25, 0.3) is 4.96 Å². The van der Waals surface area contributed by atoms with Crippen molar-refractivity contribution in [1.82, 2.24) is 14.3 Å².